The summed E-state index contributed by atoms with van der Waals surface area (Å²) in [5.41, 5.74) is 2.34. The molecule has 2 aliphatic rings. The molecule has 0 aromatic heterocycles. The summed E-state index contributed by atoms with van der Waals surface area (Å²) in [6, 6.07) is 8.21. The molecule has 3 rings (SSSR count). The number of aryl methyl sites for hydroxylation is 1. The van der Waals surface area contributed by atoms with Crippen LogP contribution < -0.4 is 5.32 Å². The van der Waals surface area contributed by atoms with E-state index in [9.17, 15) is 9.59 Å². The van der Waals surface area contributed by atoms with Crippen LogP contribution in [0.5, 0.6) is 0 Å². The number of carbonyl (C=O) groups is 2. The normalized spacial score (nSPS) is 19.6. The van der Waals surface area contributed by atoms with Gasteiger partial charge in [0.25, 0.3) is 0 Å². The van der Waals surface area contributed by atoms with Gasteiger partial charge in [0.1, 0.15) is 0 Å². The van der Waals surface area contributed by atoms with E-state index in [-0.39, 0.29) is 23.7 Å². The summed E-state index contributed by atoms with van der Waals surface area (Å²) in [6.45, 7) is 5.39. The Labute approximate surface area is 149 Å². The van der Waals surface area contributed by atoms with Crippen LogP contribution in [0.15, 0.2) is 24.3 Å². The first-order valence-corrected chi connectivity index (χ1v) is 9.33. The minimum Gasteiger partial charge on any atom is -0.381 e. The molecule has 2 fully saturated rings. The van der Waals surface area contributed by atoms with Crippen molar-refractivity contribution in [3.63, 3.8) is 0 Å². The van der Waals surface area contributed by atoms with E-state index in [2.05, 4.69) is 24.4 Å². The third kappa shape index (κ3) is 4.82. The summed E-state index contributed by atoms with van der Waals surface area (Å²) in [6.07, 6.45) is 3.18. The molecule has 2 saturated heterocycles. The summed E-state index contributed by atoms with van der Waals surface area (Å²) < 4.78 is 5.33. The minimum absolute atomic E-state index is 0.0178. The van der Waals surface area contributed by atoms with Gasteiger partial charge >= 0.3 is 0 Å². The summed E-state index contributed by atoms with van der Waals surface area (Å²) in [5, 5.41) is 3.04. The predicted molar refractivity (Wildman–Crippen MR) is 95.9 cm³/mol. The molecule has 0 aliphatic carbocycles. The molecule has 2 amide bonds. The molecule has 0 bridgehead atoms. The summed E-state index contributed by atoms with van der Waals surface area (Å²) >= 11 is 0. The fourth-order valence-corrected chi connectivity index (χ4v) is 3.60. The van der Waals surface area contributed by atoms with Gasteiger partial charge in [-0.05, 0) is 38.2 Å². The van der Waals surface area contributed by atoms with Crippen LogP contribution in [-0.4, -0.2) is 43.0 Å². The molecule has 2 heterocycles. The van der Waals surface area contributed by atoms with Gasteiger partial charge in [-0.3, -0.25) is 9.59 Å². The topological polar surface area (TPSA) is 58.6 Å². The van der Waals surface area contributed by atoms with Crippen molar-refractivity contribution in [3.05, 3.63) is 35.4 Å². The van der Waals surface area contributed by atoms with Crippen molar-refractivity contribution in [1.29, 1.82) is 0 Å². The second-order valence-electron chi connectivity index (χ2n) is 7.19. The Bertz CT molecular complexity index is 585. The fraction of sp³-hybridized carbons (Fsp3) is 0.600. The molecule has 0 spiro atoms. The maximum atomic E-state index is 12.5. The van der Waals surface area contributed by atoms with Crippen molar-refractivity contribution in [3.8, 4) is 0 Å². The van der Waals surface area contributed by atoms with Gasteiger partial charge in [0.15, 0.2) is 0 Å². The molecule has 1 aromatic rings. The highest BCUT2D eigenvalue weighted by molar-refractivity contribution is 5.81. The Morgan fingerprint density at radius 3 is 2.32 bits per heavy atom. The third-order valence-electron chi connectivity index (χ3n) is 5.34. The van der Waals surface area contributed by atoms with Crippen LogP contribution in [0.2, 0.25) is 0 Å². The number of piperidine rings is 1. The molecule has 0 radical (unpaired) electrons. The van der Waals surface area contributed by atoms with E-state index in [1.807, 2.05) is 17.0 Å². The lowest BCUT2D eigenvalue weighted by Gasteiger charge is -2.34. The number of hydrogen-bond donors (Lipinski definition) is 1. The Morgan fingerprint density at radius 1 is 1.04 bits per heavy atom. The Hall–Kier alpha value is -1.88. The molecule has 0 unspecified atom stereocenters. The van der Waals surface area contributed by atoms with Crippen molar-refractivity contribution in [1.82, 2.24) is 10.2 Å². The molecule has 0 atom stereocenters. The second kappa shape index (κ2) is 8.48. The predicted octanol–water partition coefficient (Wildman–Crippen LogP) is 2.28. The molecule has 1 N–H and O–H groups in total. The minimum atomic E-state index is 0.0178. The Morgan fingerprint density at radius 2 is 1.68 bits per heavy atom. The van der Waals surface area contributed by atoms with Crippen molar-refractivity contribution in [2.45, 2.75) is 39.2 Å². The van der Waals surface area contributed by atoms with Gasteiger partial charge in [0, 0.05) is 44.7 Å². The zero-order valence-corrected chi connectivity index (χ0v) is 15.0. The molecule has 136 valence electrons. The lowest BCUT2D eigenvalue weighted by molar-refractivity contribution is -0.141. The molecule has 2 aliphatic heterocycles. The number of benzene rings is 1. The van der Waals surface area contributed by atoms with Gasteiger partial charge in [-0.15, -0.1) is 0 Å². The zero-order valence-electron chi connectivity index (χ0n) is 15.0. The zero-order chi connectivity index (χ0) is 17.6. The Balaban J connectivity index is 1.42. The van der Waals surface area contributed by atoms with Crippen molar-refractivity contribution >= 4 is 11.8 Å². The number of amides is 2. The first kappa shape index (κ1) is 17.9. The SMILES string of the molecule is Cc1ccc(CNC(=O)C2CCN(C(=O)C3CCOCC3)CC2)cc1. The average molecular weight is 344 g/mol. The van der Waals surface area contributed by atoms with E-state index >= 15 is 0 Å². The number of likely N-dealkylation sites (tertiary alicyclic amines) is 1. The number of nitrogens with one attached hydrogen (secondary N) is 1. The maximum Gasteiger partial charge on any atom is 0.225 e. The molecule has 5 nitrogen and oxygen atoms in total. The average Bonchev–Trinajstić information content (AvgIpc) is 2.67. The number of carbonyl (C=O) groups excluding carboxylic acids is 2. The molecule has 0 saturated carbocycles. The standard InChI is InChI=1S/C20H28N2O3/c1-15-2-4-16(5-3-15)14-21-19(23)17-6-10-22(11-7-17)20(24)18-8-12-25-13-9-18/h2-5,17-18H,6-14H2,1H3,(H,21,23). The van der Waals surface area contributed by atoms with Crippen LogP contribution in [0.25, 0.3) is 0 Å². The van der Waals surface area contributed by atoms with Crippen LogP contribution in [-0.2, 0) is 20.9 Å². The van der Waals surface area contributed by atoms with Crippen LogP contribution in [0, 0.1) is 18.8 Å². The molecule has 25 heavy (non-hydrogen) atoms. The number of ether oxygens (including phenoxy) is 1. The van der Waals surface area contributed by atoms with Crippen molar-refractivity contribution in [2.24, 2.45) is 11.8 Å². The van der Waals surface area contributed by atoms with E-state index in [0.29, 0.717) is 32.8 Å². The first-order chi connectivity index (χ1) is 12.1. The van der Waals surface area contributed by atoms with Gasteiger partial charge < -0.3 is 15.0 Å². The highest BCUT2D eigenvalue weighted by Gasteiger charge is 2.31. The smallest absolute Gasteiger partial charge is 0.225 e. The number of rotatable bonds is 4. The maximum absolute atomic E-state index is 12.5. The lowest BCUT2D eigenvalue weighted by atomic mass is 9.93. The number of nitrogens with zero attached hydrogens (tertiary/aromatic N) is 1. The number of hydrogen-bond acceptors (Lipinski definition) is 3. The van der Waals surface area contributed by atoms with Gasteiger partial charge in [-0.25, -0.2) is 0 Å². The Kier molecular flexibility index (Phi) is 6.08. The second-order valence-corrected chi connectivity index (χ2v) is 7.19. The summed E-state index contributed by atoms with van der Waals surface area (Å²) in [4.78, 5) is 26.9. The van der Waals surface area contributed by atoms with E-state index in [4.69, 9.17) is 4.74 Å². The van der Waals surface area contributed by atoms with E-state index in [0.717, 1.165) is 31.2 Å². The third-order valence-corrected chi connectivity index (χ3v) is 5.34. The van der Waals surface area contributed by atoms with E-state index in [1.165, 1.54) is 5.56 Å². The highest BCUT2D eigenvalue weighted by atomic mass is 16.5. The first-order valence-electron chi connectivity index (χ1n) is 9.33. The van der Waals surface area contributed by atoms with E-state index in [1.54, 1.807) is 0 Å². The largest absolute Gasteiger partial charge is 0.381 e. The van der Waals surface area contributed by atoms with Gasteiger partial charge in [-0.2, -0.15) is 0 Å². The van der Waals surface area contributed by atoms with Crippen LogP contribution in [0.4, 0.5) is 0 Å². The van der Waals surface area contributed by atoms with Crippen LogP contribution in [0.3, 0.4) is 0 Å². The quantitative estimate of drug-likeness (QED) is 0.912. The fourth-order valence-electron chi connectivity index (χ4n) is 3.60. The van der Waals surface area contributed by atoms with Gasteiger partial charge in [-0.1, -0.05) is 29.8 Å². The van der Waals surface area contributed by atoms with Crippen LogP contribution >= 0.6 is 0 Å². The van der Waals surface area contributed by atoms with Gasteiger partial charge in [0.2, 0.25) is 11.8 Å². The molecule has 1 aromatic carbocycles. The monoisotopic (exact) mass is 344 g/mol. The van der Waals surface area contributed by atoms with Crippen molar-refractivity contribution < 1.29 is 14.3 Å². The van der Waals surface area contributed by atoms with Gasteiger partial charge in [0.05, 0.1) is 0 Å². The summed E-state index contributed by atoms with van der Waals surface area (Å²) in [5.74, 6) is 0.491. The van der Waals surface area contributed by atoms with Crippen LogP contribution in [0.1, 0.15) is 36.8 Å². The molecular weight excluding hydrogens is 316 g/mol. The highest BCUT2D eigenvalue weighted by Crippen LogP contribution is 2.23. The molecular formula is C20H28N2O3. The van der Waals surface area contributed by atoms with E-state index < -0.39 is 0 Å². The lowest BCUT2D eigenvalue weighted by Crippen LogP contribution is -2.45. The summed E-state index contributed by atoms with van der Waals surface area (Å²) in [7, 11) is 0. The van der Waals surface area contributed by atoms with Crippen molar-refractivity contribution in [2.75, 3.05) is 26.3 Å². The molecule has 5 heteroatoms.